The second-order valence-corrected chi connectivity index (χ2v) is 10.9. The van der Waals surface area contributed by atoms with Crippen LogP contribution in [0.4, 0.5) is 10.5 Å². The molecule has 8 heteroatoms. The number of carbonyl (C=O) groups excluding carboxylic acids is 2. The Bertz CT molecular complexity index is 1410. The van der Waals surface area contributed by atoms with Gasteiger partial charge in [0, 0.05) is 30.7 Å². The molecule has 0 saturated carbocycles. The number of amides is 3. The summed E-state index contributed by atoms with van der Waals surface area (Å²) in [4.78, 5) is 34.0. The summed E-state index contributed by atoms with van der Waals surface area (Å²) in [5.74, 6) is 1.21. The molecule has 0 unspecified atom stereocenters. The van der Waals surface area contributed by atoms with E-state index in [0.29, 0.717) is 48.0 Å². The molecule has 3 amide bonds. The zero-order chi connectivity index (χ0) is 27.1. The van der Waals surface area contributed by atoms with E-state index >= 15 is 0 Å². The average Bonchev–Trinajstić information content (AvgIpc) is 3.16. The number of hydrogen-bond acceptors (Lipinski definition) is 5. The van der Waals surface area contributed by atoms with E-state index in [4.69, 9.17) is 21.1 Å². The first kappa shape index (κ1) is 25.7. The number of urea groups is 1. The summed E-state index contributed by atoms with van der Waals surface area (Å²) in [7, 11) is 3.29. The zero-order valence-corrected chi connectivity index (χ0v) is 23.0. The van der Waals surface area contributed by atoms with Crippen LogP contribution < -0.4 is 14.4 Å². The molecule has 0 aliphatic carbocycles. The van der Waals surface area contributed by atoms with E-state index < -0.39 is 5.54 Å². The SMILES string of the molecule is COc1cc2c(cc1OC)[C@H]1C[C@@]3(CCN1CC2)C(=O)N(c1cccc(Cl)c1)C(=O)N3CCc1ccccc1. The maximum absolute atomic E-state index is 14.4. The van der Waals surface area contributed by atoms with E-state index in [-0.39, 0.29) is 18.0 Å². The first-order chi connectivity index (χ1) is 18.9. The summed E-state index contributed by atoms with van der Waals surface area (Å²) < 4.78 is 11.2. The predicted molar refractivity (Wildman–Crippen MR) is 151 cm³/mol. The molecular formula is C31H32ClN3O4. The van der Waals surface area contributed by atoms with Gasteiger partial charge in [-0.25, -0.2) is 9.69 Å². The fourth-order valence-electron chi connectivity index (χ4n) is 6.53. The maximum atomic E-state index is 14.4. The van der Waals surface area contributed by atoms with Crippen LogP contribution in [0.25, 0.3) is 0 Å². The average molecular weight is 546 g/mol. The summed E-state index contributed by atoms with van der Waals surface area (Å²) >= 11 is 6.28. The van der Waals surface area contributed by atoms with Gasteiger partial charge in [0.15, 0.2) is 11.5 Å². The highest BCUT2D eigenvalue weighted by molar-refractivity contribution is 6.31. The van der Waals surface area contributed by atoms with Crippen molar-refractivity contribution in [2.75, 3.05) is 38.8 Å². The van der Waals surface area contributed by atoms with Gasteiger partial charge >= 0.3 is 6.03 Å². The third-order valence-electron chi connectivity index (χ3n) is 8.53. The number of nitrogens with zero attached hydrogens (tertiary/aromatic N) is 3. The number of carbonyl (C=O) groups is 2. The van der Waals surface area contributed by atoms with E-state index in [1.807, 2.05) is 29.2 Å². The van der Waals surface area contributed by atoms with Crippen LogP contribution >= 0.6 is 11.6 Å². The molecule has 3 aromatic carbocycles. The van der Waals surface area contributed by atoms with Crippen molar-refractivity contribution in [3.63, 3.8) is 0 Å². The highest BCUT2D eigenvalue weighted by Gasteiger charge is 2.60. The Morgan fingerprint density at radius 2 is 1.72 bits per heavy atom. The van der Waals surface area contributed by atoms with Gasteiger partial charge in [-0.1, -0.05) is 48.0 Å². The lowest BCUT2D eigenvalue weighted by Gasteiger charge is -2.49. The number of ether oxygens (including phenoxy) is 2. The number of imide groups is 1. The minimum Gasteiger partial charge on any atom is -0.493 e. The summed E-state index contributed by atoms with van der Waals surface area (Å²) in [6.45, 7) is 2.08. The van der Waals surface area contributed by atoms with Crippen LogP contribution in [-0.2, 0) is 17.6 Å². The van der Waals surface area contributed by atoms with Crippen molar-refractivity contribution in [3.8, 4) is 11.5 Å². The fraction of sp³-hybridized carbons (Fsp3) is 0.355. The smallest absolute Gasteiger partial charge is 0.332 e. The fourth-order valence-corrected chi connectivity index (χ4v) is 6.71. The molecular weight excluding hydrogens is 514 g/mol. The second-order valence-electron chi connectivity index (χ2n) is 10.5. The molecule has 0 radical (unpaired) electrons. The van der Waals surface area contributed by atoms with Crippen LogP contribution in [0.2, 0.25) is 5.02 Å². The monoisotopic (exact) mass is 545 g/mol. The van der Waals surface area contributed by atoms with Crippen LogP contribution in [0.1, 0.15) is 35.6 Å². The number of piperidine rings is 1. The van der Waals surface area contributed by atoms with E-state index in [2.05, 4.69) is 23.1 Å². The van der Waals surface area contributed by atoms with E-state index in [0.717, 1.165) is 30.6 Å². The third-order valence-corrected chi connectivity index (χ3v) is 8.77. The lowest BCUT2D eigenvalue weighted by atomic mass is 9.76. The van der Waals surface area contributed by atoms with Gasteiger partial charge in [-0.2, -0.15) is 0 Å². The second kappa shape index (κ2) is 10.2. The molecule has 0 N–H and O–H groups in total. The molecule has 2 atom stereocenters. The Kier molecular flexibility index (Phi) is 6.73. The predicted octanol–water partition coefficient (Wildman–Crippen LogP) is 5.50. The molecule has 202 valence electrons. The zero-order valence-electron chi connectivity index (χ0n) is 22.2. The van der Waals surface area contributed by atoms with Crippen LogP contribution in [0.15, 0.2) is 66.7 Å². The number of rotatable bonds is 6. The van der Waals surface area contributed by atoms with Gasteiger partial charge in [0.2, 0.25) is 0 Å². The first-order valence-electron chi connectivity index (χ1n) is 13.4. The van der Waals surface area contributed by atoms with Crippen LogP contribution in [0.3, 0.4) is 0 Å². The van der Waals surface area contributed by atoms with Crippen LogP contribution in [0, 0.1) is 0 Å². The number of anilines is 1. The topological polar surface area (TPSA) is 62.3 Å². The maximum Gasteiger partial charge on any atom is 0.332 e. The summed E-state index contributed by atoms with van der Waals surface area (Å²) in [5, 5.41) is 0.488. The summed E-state index contributed by atoms with van der Waals surface area (Å²) in [6, 6.07) is 20.9. The first-order valence-corrected chi connectivity index (χ1v) is 13.8. The summed E-state index contributed by atoms with van der Waals surface area (Å²) in [5.41, 5.74) is 3.04. The van der Waals surface area contributed by atoms with Gasteiger partial charge in [-0.05, 0) is 72.7 Å². The molecule has 3 heterocycles. The molecule has 7 nitrogen and oxygen atoms in total. The van der Waals surface area contributed by atoms with Gasteiger partial charge in [0.05, 0.1) is 19.9 Å². The quantitative estimate of drug-likeness (QED) is 0.383. The van der Waals surface area contributed by atoms with Gasteiger partial charge in [-0.15, -0.1) is 0 Å². The van der Waals surface area contributed by atoms with Crippen LogP contribution in [0.5, 0.6) is 11.5 Å². The largest absolute Gasteiger partial charge is 0.493 e. The van der Waals surface area contributed by atoms with Crippen molar-refractivity contribution in [1.29, 1.82) is 0 Å². The van der Waals surface area contributed by atoms with Gasteiger partial charge < -0.3 is 14.4 Å². The Hall–Kier alpha value is -3.55. The molecule has 3 aliphatic rings. The normalized spacial score (nSPS) is 22.7. The number of fused-ring (bicyclic) bond motifs is 3. The van der Waals surface area contributed by atoms with E-state index in [1.54, 1.807) is 38.5 Å². The van der Waals surface area contributed by atoms with E-state index in [1.165, 1.54) is 10.5 Å². The van der Waals surface area contributed by atoms with Crippen molar-refractivity contribution >= 4 is 29.2 Å². The minimum absolute atomic E-state index is 0.0161. The Morgan fingerprint density at radius 3 is 2.46 bits per heavy atom. The molecule has 3 aliphatic heterocycles. The molecule has 6 rings (SSSR count). The highest BCUT2D eigenvalue weighted by atomic mass is 35.5. The van der Waals surface area contributed by atoms with Gasteiger partial charge in [0.1, 0.15) is 5.54 Å². The Morgan fingerprint density at radius 1 is 0.949 bits per heavy atom. The number of hydrogen-bond donors (Lipinski definition) is 0. The molecule has 3 aromatic rings. The Balaban J connectivity index is 1.40. The number of benzene rings is 3. The van der Waals surface area contributed by atoms with Gasteiger partial charge in [-0.3, -0.25) is 9.69 Å². The molecule has 2 saturated heterocycles. The van der Waals surface area contributed by atoms with E-state index in [9.17, 15) is 9.59 Å². The van der Waals surface area contributed by atoms with Crippen molar-refractivity contribution < 1.29 is 19.1 Å². The van der Waals surface area contributed by atoms with Crippen molar-refractivity contribution in [2.45, 2.75) is 37.3 Å². The van der Waals surface area contributed by atoms with Crippen molar-refractivity contribution in [3.05, 3.63) is 88.4 Å². The molecule has 39 heavy (non-hydrogen) atoms. The third kappa shape index (κ3) is 4.34. The van der Waals surface area contributed by atoms with Gasteiger partial charge in [0.25, 0.3) is 5.91 Å². The lowest BCUT2D eigenvalue weighted by Crippen LogP contribution is -2.58. The molecule has 2 fully saturated rings. The lowest BCUT2D eigenvalue weighted by molar-refractivity contribution is -0.129. The minimum atomic E-state index is -0.947. The number of methoxy groups -OCH3 is 2. The molecule has 0 bridgehead atoms. The highest BCUT2D eigenvalue weighted by Crippen LogP contribution is 2.49. The molecule has 0 aromatic heterocycles. The molecule has 1 spiro atoms. The standard InChI is InChI=1S/C31H32ClN3O4/c1-38-27-17-22-12-14-33-16-13-31(20-26(33)25(22)19-28(27)39-2)29(36)35(24-10-6-9-23(32)18-24)30(37)34(31)15-11-21-7-4-3-5-8-21/h3-10,17-19,26H,11-16,20H2,1-2H3/t26-,31+/m1/s1. The summed E-state index contributed by atoms with van der Waals surface area (Å²) in [6.07, 6.45) is 2.67. The van der Waals surface area contributed by atoms with Crippen molar-refractivity contribution in [2.24, 2.45) is 0 Å². The number of halogens is 1. The Labute approximate surface area is 233 Å². The van der Waals surface area contributed by atoms with Crippen molar-refractivity contribution in [1.82, 2.24) is 9.80 Å². The van der Waals surface area contributed by atoms with Crippen LogP contribution in [-0.4, -0.2) is 61.1 Å².